The second-order valence-corrected chi connectivity index (χ2v) is 2.85. The van der Waals surface area contributed by atoms with Gasteiger partial charge in [-0.15, -0.1) is 0 Å². The van der Waals surface area contributed by atoms with Crippen molar-refractivity contribution in [2.45, 2.75) is 19.8 Å². The van der Waals surface area contributed by atoms with E-state index in [4.69, 9.17) is 17.3 Å². The zero-order valence-electron chi connectivity index (χ0n) is 5.98. The number of anilines is 1. The van der Waals surface area contributed by atoms with E-state index in [2.05, 4.69) is 10.2 Å². The van der Waals surface area contributed by atoms with E-state index in [0.717, 1.165) is 5.69 Å². The molecule has 0 aromatic carbocycles. The van der Waals surface area contributed by atoms with Gasteiger partial charge in [0.05, 0.1) is 11.4 Å². The van der Waals surface area contributed by atoms with Gasteiger partial charge < -0.3 is 5.73 Å². The average molecular weight is 160 g/mol. The van der Waals surface area contributed by atoms with Crippen LogP contribution in [-0.4, -0.2) is 10.2 Å². The third-order valence-electron chi connectivity index (χ3n) is 1.36. The fourth-order valence-corrected chi connectivity index (χ4v) is 0.925. The number of nitrogens with one attached hydrogen (secondary N) is 1. The van der Waals surface area contributed by atoms with E-state index in [-0.39, 0.29) is 0 Å². The molecule has 0 bridgehead atoms. The Morgan fingerprint density at radius 1 is 1.60 bits per heavy atom. The highest BCUT2D eigenvalue weighted by Gasteiger charge is 2.09. The molecule has 0 aliphatic rings. The SMILES string of the molecule is CC(C)c1[nH]nc(Cl)c1N. The first-order valence-corrected chi connectivity index (χ1v) is 3.50. The molecule has 0 unspecified atom stereocenters. The molecule has 0 saturated heterocycles. The van der Waals surface area contributed by atoms with Gasteiger partial charge in [-0.05, 0) is 5.92 Å². The van der Waals surface area contributed by atoms with Gasteiger partial charge in [0, 0.05) is 0 Å². The number of aromatic amines is 1. The first-order chi connectivity index (χ1) is 4.63. The topological polar surface area (TPSA) is 54.7 Å². The van der Waals surface area contributed by atoms with E-state index < -0.39 is 0 Å². The van der Waals surface area contributed by atoms with E-state index in [1.807, 2.05) is 13.8 Å². The molecule has 0 saturated carbocycles. The molecule has 0 aliphatic carbocycles. The minimum Gasteiger partial charge on any atom is -0.395 e. The molecule has 56 valence electrons. The predicted molar refractivity (Wildman–Crippen MR) is 42.1 cm³/mol. The zero-order valence-corrected chi connectivity index (χ0v) is 6.74. The molecular weight excluding hydrogens is 150 g/mol. The molecule has 0 atom stereocenters. The summed E-state index contributed by atoms with van der Waals surface area (Å²) in [5.74, 6) is 0.347. The quantitative estimate of drug-likeness (QED) is 0.656. The van der Waals surface area contributed by atoms with Crippen LogP contribution in [0.3, 0.4) is 0 Å². The van der Waals surface area contributed by atoms with Crippen LogP contribution in [0.2, 0.25) is 5.15 Å². The molecule has 0 aliphatic heterocycles. The average Bonchev–Trinajstić information content (AvgIpc) is 2.14. The Kier molecular flexibility index (Phi) is 1.85. The summed E-state index contributed by atoms with van der Waals surface area (Å²) in [7, 11) is 0. The van der Waals surface area contributed by atoms with Gasteiger partial charge in [-0.25, -0.2) is 0 Å². The molecule has 1 heterocycles. The highest BCUT2D eigenvalue weighted by Crippen LogP contribution is 2.24. The zero-order chi connectivity index (χ0) is 7.72. The van der Waals surface area contributed by atoms with Crippen LogP contribution in [-0.2, 0) is 0 Å². The summed E-state index contributed by atoms with van der Waals surface area (Å²) in [5, 5.41) is 6.88. The van der Waals surface area contributed by atoms with Gasteiger partial charge in [0.15, 0.2) is 5.15 Å². The predicted octanol–water partition coefficient (Wildman–Crippen LogP) is 1.77. The summed E-state index contributed by atoms with van der Waals surface area (Å²) in [5.41, 5.74) is 7.05. The Bertz CT molecular complexity index is 229. The van der Waals surface area contributed by atoms with E-state index in [1.165, 1.54) is 0 Å². The van der Waals surface area contributed by atoms with Crippen molar-refractivity contribution in [2.24, 2.45) is 0 Å². The van der Waals surface area contributed by atoms with Crippen LogP contribution in [0, 0.1) is 0 Å². The number of nitrogens with two attached hydrogens (primary N) is 1. The molecule has 3 N–H and O–H groups in total. The third kappa shape index (κ3) is 1.09. The number of aromatic nitrogens is 2. The molecule has 10 heavy (non-hydrogen) atoms. The molecular formula is C6H10ClN3. The van der Waals surface area contributed by atoms with Gasteiger partial charge in [0.25, 0.3) is 0 Å². The summed E-state index contributed by atoms with van der Waals surface area (Å²) in [6.07, 6.45) is 0. The number of H-pyrrole nitrogens is 1. The maximum Gasteiger partial charge on any atom is 0.174 e. The van der Waals surface area contributed by atoms with Gasteiger partial charge in [-0.3, -0.25) is 5.10 Å². The van der Waals surface area contributed by atoms with Crippen molar-refractivity contribution in [3.63, 3.8) is 0 Å². The van der Waals surface area contributed by atoms with Crippen LogP contribution in [0.25, 0.3) is 0 Å². The summed E-state index contributed by atoms with van der Waals surface area (Å²) in [6, 6.07) is 0. The molecule has 1 aromatic heterocycles. The monoisotopic (exact) mass is 159 g/mol. The maximum absolute atomic E-state index is 5.61. The van der Waals surface area contributed by atoms with Gasteiger partial charge in [-0.2, -0.15) is 5.10 Å². The molecule has 0 spiro atoms. The van der Waals surface area contributed by atoms with E-state index in [0.29, 0.717) is 16.8 Å². The second kappa shape index (κ2) is 2.50. The molecule has 1 aromatic rings. The first-order valence-electron chi connectivity index (χ1n) is 3.12. The van der Waals surface area contributed by atoms with Gasteiger partial charge in [0.1, 0.15) is 0 Å². The summed E-state index contributed by atoms with van der Waals surface area (Å²) < 4.78 is 0. The van der Waals surface area contributed by atoms with Crippen LogP contribution >= 0.6 is 11.6 Å². The van der Waals surface area contributed by atoms with Crippen molar-refractivity contribution < 1.29 is 0 Å². The lowest BCUT2D eigenvalue weighted by molar-refractivity contribution is 0.813. The Labute approximate surface area is 64.6 Å². The molecule has 4 heteroatoms. The summed E-state index contributed by atoms with van der Waals surface area (Å²) >= 11 is 5.61. The minimum absolute atomic E-state index is 0.347. The van der Waals surface area contributed by atoms with E-state index >= 15 is 0 Å². The number of hydrogen-bond donors (Lipinski definition) is 2. The molecule has 0 radical (unpaired) electrons. The molecule has 3 nitrogen and oxygen atoms in total. The van der Waals surface area contributed by atoms with Crippen LogP contribution < -0.4 is 5.73 Å². The summed E-state index contributed by atoms with van der Waals surface area (Å²) in [4.78, 5) is 0. The lowest BCUT2D eigenvalue weighted by Crippen LogP contribution is -1.93. The maximum atomic E-state index is 5.61. The number of halogens is 1. The minimum atomic E-state index is 0.347. The number of rotatable bonds is 1. The number of hydrogen-bond acceptors (Lipinski definition) is 2. The Morgan fingerprint density at radius 3 is 2.40 bits per heavy atom. The van der Waals surface area contributed by atoms with Crippen LogP contribution in [0.5, 0.6) is 0 Å². The van der Waals surface area contributed by atoms with E-state index in [1.54, 1.807) is 0 Å². The van der Waals surface area contributed by atoms with Crippen LogP contribution in [0.1, 0.15) is 25.5 Å². The fourth-order valence-electron chi connectivity index (χ4n) is 0.781. The molecule has 1 rings (SSSR count). The number of nitrogens with zero attached hydrogens (tertiary/aromatic N) is 1. The lowest BCUT2D eigenvalue weighted by atomic mass is 10.1. The molecule has 0 fully saturated rings. The summed E-state index contributed by atoms with van der Waals surface area (Å²) in [6.45, 7) is 4.06. The standard InChI is InChI=1S/C6H10ClN3/c1-3(2)5-4(8)6(7)10-9-5/h3H,8H2,1-2H3,(H,9,10). The number of nitrogen functional groups attached to an aromatic ring is 1. The lowest BCUT2D eigenvalue weighted by Gasteiger charge is -2.00. The van der Waals surface area contributed by atoms with Gasteiger partial charge in [-0.1, -0.05) is 25.4 Å². The van der Waals surface area contributed by atoms with Crippen molar-refractivity contribution in [3.8, 4) is 0 Å². The third-order valence-corrected chi connectivity index (χ3v) is 1.65. The Hall–Kier alpha value is -0.700. The molecule has 0 amide bonds. The van der Waals surface area contributed by atoms with Gasteiger partial charge >= 0.3 is 0 Å². The normalized spacial score (nSPS) is 10.8. The Morgan fingerprint density at radius 2 is 2.20 bits per heavy atom. The highest BCUT2D eigenvalue weighted by atomic mass is 35.5. The smallest absolute Gasteiger partial charge is 0.174 e. The van der Waals surface area contributed by atoms with Crippen molar-refractivity contribution in [3.05, 3.63) is 10.8 Å². The van der Waals surface area contributed by atoms with Crippen LogP contribution in [0.4, 0.5) is 5.69 Å². The van der Waals surface area contributed by atoms with Crippen LogP contribution in [0.15, 0.2) is 0 Å². The van der Waals surface area contributed by atoms with Crippen molar-refractivity contribution in [1.82, 2.24) is 10.2 Å². The Balaban J connectivity index is 3.05. The van der Waals surface area contributed by atoms with Crippen molar-refractivity contribution in [1.29, 1.82) is 0 Å². The fraction of sp³-hybridized carbons (Fsp3) is 0.500. The van der Waals surface area contributed by atoms with Crippen molar-refractivity contribution in [2.75, 3.05) is 5.73 Å². The van der Waals surface area contributed by atoms with Crippen molar-refractivity contribution >= 4 is 17.3 Å². The largest absolute Gasteiger partial charge is 0.395 e. The highest BCUT2D eigenvalue weighted by molar-refractivity contribution is 6.31. The van der Waals surface area contributed by atoms with E-state index in [9.17, 15) is 0 Å². The second-order valence-electron chi connectivity index (χ2n) is 2.50. The van der Waals surface area contributed by atoms with Gasteiger partial charge in [0.2, 0.25) is 0 Å². The first kappa shape index (κ1) is 7.41.